The Morgan fingerprint density at radius 2 is 2.29 bits per heavy atom. The summed E-state index contributed by atoms with van der Waals surface area (Å²) in [5, 5.41) is 5.86. The van der Waals surface area contributed by atoms with E-state index >= 15 is 0 Å². The Kier molecular flexibility index (Phi) is 5.51. The van der Waals surface area contributed by atoms with E-state index in [4.69, 9.17) is 9.47 Å². The van der Waals surface area contributed by atoms with Crippen molar-refractivity contribution in [1.29, 1.82) is 0 Å². The van der Waals surface area contributed by atoms with Gasteiger partial charge in [0.05, 0.1) is 37.7 Å². The van der Waals surface area contributed by atoms with Crippen molar-refractivity contribution in [2.75, 3.05) is 19.0 Å². The first-order chi connectivity index (χ1) is 10.2. The van der Waals surface area contributed by atoms with E-state index in [9.17, 15) is 4.79 Å². The Morgan fingerprint density at radius 3 is 2.95 bits per heavy atom. The summed E-state index contributed by atoms with van der Waals surface area (Å²) in [6, 6.07) is 3.64. The number of methoxy groups -OCH3 is 1. The summed E-state index contributed by atoms with van der Waals surface area (Å²) >= 11 is 1.49. The largest absolute Gasteiger partial charge is 0.481 e. The molecular formula is C14H17N3O3S. The molecule has 2 heterocycles. The first-order valence-electron chi connectivity index (χ1n) is 6.58. The molecule has 0 amide bonds. The summed E-state index contributed by atoms with van der Waals surface area (Å²) in [7, 11) is 1.58. The zero-order valence-corrected chi connectivity index (χ0v) is 12.8. The lowest BCUT2D eigenvalue weighted by Crippen LogP contribution is -2.05. The molecule has 0 spiro atoms. The fourth-order valence-electron chi connectivity index (χ4n) is 1.64. The molecule has 2 aromatic rings. The summed E-state index contributed by atoms with van der Waals surface area (Å²) in [4.78, 5) is 19.8. The number of nitrogens with one attached hydrogen (secondary N) is 1. The van der Waals surface area contributed by atoms with Gasteiger partial charge in [-0.25, -0.2) is 9.97 Å². The van der Waals surface area contributed by atoms with Crippen molar-refractivity contribution in [3.63, 3.8) is 0 Å². The number of hydrogen-bond acceptors (Lipinski definition) is 7. The molecule has 0 atom stereocenters. The van der Waals surface area contributed by atoms with E-state index in [1.807, 2.05) is 11.4 Å². The molecule has 0 saturated heterocycles. The highest BCUT2D eigenvalue weighted by Crippen LogP contribution is 2.22. The summed E-state index contributed by atoms with van der Waals surface area (Å²) < 4.78 is 9.89. The molecule has 0 aliphatic rings. The molecule has 0 radical (unpaired) electrons. The third-order valence-electron chi connectivity index (χ3n) is 2.64. The van der Waals surface area contributed by atoms with Gasteiger partial charge < -0.3 is 14.8 Å². The zero-order valence-electron chi connectivity index (χ0n) is 12.0. The maximum atomic E-state index is 11.3. The van der Waals surface area contributed by atoms with Crippen LogP contribution in [0.5, 0.6) is 5.88 Å². The molecule has 0 fully saturated rings. The van der Waals surface area contributed by atoms with Crippen molar-refractivity contribution in [2.24, 2.45) is 0 Å². The third-order valence-corrected chi connectivity index (χ3v) is 3.45. The van der Waals surface area contributed by atoms with Gasteiger partial charge in [-0.1, -0.05) is 0 Å². The first-order valence-corrected chi connectivity index (χ1v) is 7.46. The lowest BCUT2D eigenvalue weighted by molar-refractivity contribution is -0.143. The number of pyridine rings is 1. The number of aryl methyl sites for hydroxylation is 1. The molecule has 1 N–H and O–H groups in total. The smallest absolute Gasteiger partial charge is 0.306 e. The lowest BCUT2D eigenvalue weighted by Gasteiger charge is -2.03. The van der Waals surface area contributed by atoms with Gasteiger partial charge in [-0.15, -0.1) is 11.3 Å². The minimum atomic E-state index is -0.195. The first kappa shape index (κ1) is 15.2. The number of aromatic nitrogens is 2. The quantitative estimate of drug-likeness (QED) is 0.793. The van der Waals surface area contributed by atoms with Gasteiger partial charge in [-0.3, -0.25) is 4.79 Å². The summed E-state index contributed by atoms with van der Waals surface area (Å²) in [5.74, 6) is 0.370. The maximum absolute atomic E-state index is 11.3. The van der Waals surface area contributed by atoms with Gasteiger partial charge in [0, 0.05) is 17.9 Å². The van der Waals surface area contributed by atoms with E-state index in [1.54, 1.807) is 26.3 Å². The molecule has 112 valence electrons. The Hall–Kier alpha value is -2.15. The second-order valence-corrected chi connectivity index (χ2v) is 5.02. The van der Waals surface area contributed by atoms with Crippen molar-refractivity contribution in [3.05, 3.63) is 29.4 Å². The molecule has 0 saturated carbocycles. The van der Waals surface area contributed by atoms with Crippen molar-refractivity contribution in [2.45, 2.75) is 19.8 Å². The van der Waals surface area contributed by atoms with Gasteiger partial charge in [0.1, 0.15) is 0 Å². The van der Waals surface area contributed by atoms with Crippen LogP contribution < -0.4 is 10.1 Å². The van der Waals surface area contributed by atoms with Crippen LogP contribution in [-0.4, -0.2) is 29.7 Å². The number of esters is 1. The van der Waals surface area contributed by atoms with Crippen LogP contribution in [0.3, 0.4) is 0 Å². The predicted molar refractivity (Wildman–Crippen MR) is 81.1 cm³/mol. The molecule has 0 bridgehead atoms. The van der Waals surface area contributed by atoms with Gasteiger partial charge in [-0.05, 0) is 13.0 Å². The Morgan fingerprint density at radius 1 is 1.43 bits per heavy atom. The monoisotopic (exact) mass is 307 g/mol. The van der Waals surface area contributed by atoms with Gasteiger partial charge in [0.2, 0.25) is 5.88 Å². The van der Waals surface area contributed by atoms with Crippen molar-refractivity contribution < 1.29 is 14.3 Å². The predicted octanol–water partition coefficient (Wildman–Crippen LogP) is 2.79. The fourth-order valence-corrected chi connectivity index (χ4v) is 2.41. The third kappa shape index (κ3) is 4.71. The van der Waals surface area contributed by atoms with Crippen molar-refractivity contribution in [1.82, 2.24) is 9.97 Å². The van der Waals surface area contributed by atoms with Crippen LogP contribution >= 0.6 is 11.3 Å². The topological polar surface area (TPSA) is 73.3 Å². The number of rotatable bonds is 7. The molecule has 0 aromatic carbocycles. The minimum Gasteiger partial charge on any atom is -0.481 e. The second-order valence-electron chi connectivity index (χ2n) is 4.16. The van der Waals surface area contributed by atoms with Gasteiger partial charge in [-0.2, -0.15) is 0 Å². The standard InChI is InChI=1S/C14H17N3O3S/c1-3-20-13(18)7-5-11-9-21-14(17-11)16-10-4-6-12(19-2)15-8-10/h4,6,8-9H,3,5,7H2,1-2H3,(H,16,17). The number of carbonyl (C=O) groups is 1. The second kappa shape index (κ2) is 7.58. The summed E-state index contributed by atoms with van der Waals surface area (Å²) in [5.41, 5.74) is 1.71. The highest BCUT2D eigenvalue weighted by Gasteiger charge is 2.07. The maximum Gasteiger partial charge on any atom is 0.306 e. The molecule has 2 rings (SSSR count). The van der Waals surface area contributed by atoms with Crippen molar-refractivity contribution in [3.8, 4) is 5.88 Å². The van der Waals surface area contributed by atoms with Gasteiger partial charge in [0.15, 0.2) is 5.13 Å². The van der Waals surface area contributed by atoms with E-state index in [0.29, 0.717) is 25.3 Å². The normalized spacial score (nSPS) is 10.2. The average Bonchev–Trinajstić information content (AvgIpc) is 2.94. The average molecular weight is 307 g/mol. The molecular weight excluding hydrogens is 290 g/mol. The summed E-state index contributed by atoms with van der Waals surface area (Å²) in [6.07, 6.45) is 2.61. The molecule has 0 aliphatic carbocycles. The number of carbonyl (C=O) groups excluding carboxylic acids is 1. The van der Waals surface area contributed by atoms with Crippen LogP contribution in [-0.2, 0) is 16.0 Å². The van der Waals surface area contributed by atoms with Crippen LogP contribution in [0.2, 0.25) is 0 Å². The number of nitrogens with zero attached hydrogens (tertiary/aromatic N) is 2. The van der Waals surface area contributed by atoms with Crippen LogP contribution in [0.25, 0.3) is 0 Å². The molecule has 7 heteroatoms. The van der Waals surface area contributed by atoms with E-state index in [2.05, 4.69) is 15.3 Å². The van der Waals surface area contributed by atoms with Crippen LogP contribution in [0.4, 0.5) is 10.8 Å². The van der Waals surface area contributed by atoms with E-state index in [-0.39, 0.29) is 5.97 Å². The lowest BCUT2D eigenvalue weighted by atomic mass is 10.2. The molecule has 0 unspecified atom stereocenters. The van der Waals surface area contributed by atoms with E-state index in [1.165, 1.54) is 11.3 Å². The van der Waals surface area contributed by atoms with Crippen LogP contribution in [0.15, 0.2) is 23.7 Å². The summed E-state index contributed by atoms with van der Waals surface area (Å²) in [6.45, 7) is 2.21. The molecule has 0 aliphatic heterocycles. The fraction of sp³-hybridized carbons (Fsp3) is 0.357. The zero-order chi connectivity index (χ0) is 15.1. The Balaban J connectivity index is 1.88. The van der Waals surface area contributed by atoms with Gasteiger partial charge in [0.25, 0.3) is 0 Å². The molecule has 21 heavy (non-hydrogen) atoms. The number of anilines is 2. The number of ether oxygens (including phenoxy) is 2. The molecule has 6 nitrogen and oxygen atoms in total. The van der Waals surface area contributed by atoms with Crippen molar-refractivity contribution >= 4 is 28.1 Å². The minimum absolute atomic E-state index is 0.195. The number of thiazole rings is 1. The van der Waals surface area contributed by atoms with Gasteiger partial charge >= 0.3 is 5.97 Å². The number of hydrogen-bond donors (Lipinski definition) is 1. The van der Waals surface area contributed by atoms with E-state index in [0.717, 1.165) is 16.5 Å². The Labute approximate surface area is 127 Å². The van der Waals surface area contributed by atoms with Crippen LogP contribution in [0, 0.1) is 0 Å². The van der Waals surface area contributed by atoms with Crippen LogP contribution in [0.1, 0.15) is 19.0 Å². The Bertz CT molecular complexity index is 583. The highest BCUT2D eigenvalue weighted by atomic mass is 32.1. The SMILES string of the molecule is CCOC(=O)CCc1csc(Nc2ccc(OC)nc2)n1. The highest BCUT2D eigenvalue weighted by molar-refractivity contribution is 7.13. The van der Waals surface area contributed by atoms with E-state index < -0.39 is 0 Å². The molecule has 2 aromatic heterocycles.